The van der Waals surface area contributed by atoms with E-state index in [9.17, 15) is 4.79 Å². The second-order valence-corrected chi connectivity index (χ2v) is 6.80. The first-order valence-corrected chi connectivity index (χ1v) is 8.79. The first-order valence-electron chi connectivity index (χ1n) is 7.80. The van der Waals surface area contributed by atoms with Crippen LogP contribution in [0.4, 0.5) is 0 Å². The molecule has 0 radical (unpaired) electrons. The van der Waals surface area contributed by atoms with Gasteiger partial charge in [0.1, 0.15) is 0 Å². The number of imidazole rings is 1. The molecule has 4 heteroatoms. The molecule has 0 saturated carbocycles. The van der Waals surface area contributed by atoms with Crippen LogP contribution in [-0.2, 0) is 0 Å². The largest absolute Gasteiger partial charge is 0.333 e. The Kier molecular flexibility index (Phi) is 3.82. The van der Waals surface area contributed by atoms with Crippen molar-refractivity contribution in [1.82, 2.24) is 9.97 Å². The number of carbonyl (C=O) groups excluding carboxylic acids is 1. The van der Waals surface area contributed by atoms with Crippen molar-refractivity contribution in [3.63, 3.8) is 0 Å². The van der Waals surface area contributed by atoms with Crippen LogP contribution >= 0.6 is 11.8 Å². The topological polar surface area (TPSA) is 45.8 Å². The van der Waals surface area contributed by atoms with E-state index in [0.29, 0.717) is 5.75 Å². The number of aromatic amines is 1. The molecule has 3 nitrogen and oxygen atoms in total. The molecule has 0 bridgehead atoms. The molecule has 0 aliphatic rings. The zero-order valence-corrected chi connectivity index (χ0v) is 14.1. The van der Waals surface area contributed by atoms with Crippen LogP contribution in [0.2, 0.25) is 0 Å². The summed E-state index contributed by atoms with van der Waals surface area (Å²) in [5, 5.41) is 3.02. The minimum atomic E-state index is 0.113. The van der Waals surface area contributed by atoms with Gasteiger partial charge < -0.3 is 4.98 Å². The zero-order valence-electron chi connectivity index (χ0n) is 13.2. The summed E-state index contributed by atoms with van der Waals surface area (Å²) in [5.74, 6) is 0.485. The highest BCUT2D eigenvalue weighted by atomic mass is 32.2. The molecule has 0 aliphatic carbocycles. The normalized spacial score (nSPS) is 11.2. The van der Waals surface area contributed by atoms with Crippen LogP contribution in [0.25, 0.3) is 21.8 Å². The first kappa shape index (κ1) is 15.0. The van der Waals surface area contributed by atoms with Crippen LogP contribution in [0.1, 0.15) is 15.9 Å². The van der Waals surface area contributed by atoms with Crippen LogP contribution in [-0.4, -0.2) is 21.5 Å². The molecule has 0 amide bonds. The highest BCUT2D eigenvalue weighted by molar-refractivity contribution is 7.99. The van der Waals surface area contributed by atoms with E-state index >= 15 is 0 Å². The summed E-state index contributed by atoms with van der Waals surface area (Å²) in [6.07, 6.45) is 0. The minimum Gasteiger partial charge on any atom is -0.333 e. The number of hydrogen-bond acceptors (Lipinski definition) is 3. The van der Waals surface area contributed by atoms with Gasteiger partial charge in [-0.3, -0.25) is 4.79 Å². The standard InChI is InChI=1S/C20H16N2OS/c1-13-6-9-17-18(10-13)22-20(21-17)24-12-19(23)16-8-7-14-4-2-3-5-15(14)11-16/h2-11H,12H2,1H3,(H,21,22). The highest BCUT2D eigenvalue weighted by Crippen LogP contribution is 2.22. The van der Waals surface area contributed by atoms with Gasteiger partial charge in [-0.15, -0.1) is 0 Å². The molecule has 0 atom stereocenters. The van der Waals surface area contributed by atoms with Gasteiger partial charge in [0.05, 0.1) is 16.8 Å². The monoisotopic (exact) mass is 332 g/mol. The molecule has 0 unspecified atom stereocenters. The molecule has 1 N–H and O–H groups in total. The Balaban J connectivity index is 1.52. The quantitative estimate of drug-likeness (QED) is 0.422. The summed E-state index contributed by atoms with van der Waals surface area (Å²) in [5.41, 5.74) is 3.88. The third kappa shape index (κ3) is 2.93. The molecule has 0 spiro atoms. The lowest BCUT2D eigenvalue weighted by Gasteiger charge is -2.02. The molecule has 0 fully saturated rings. The summed E-state index contributed by atoms with van der Waals surface area (Å²) in [6.45, 7) is 2.05. The third-order valence-corrected chi connectivity index (χ3v) is 4.90. The molecule has 1 heterocycles. The van der Waals surface area contributed by atoms with Crippen molar-refractivity contribution in [2.75, 3.05) is 5.75 Å². The number of aromatic nitrogens is 2. The van der Waals surface area contributed by atoms with E-state index in [1.165, 1.54) is 17.3 Å². The number of rotatable bonds is 4. The number of fused-ring (bicyclic) bond motifs is 2. The van der Waals surface area contributed by atoms with Crippen molar-refractivity contribution in [3.05, 3.63) is 71.8 Å². The average molecular weight is 332 g/mol. The summed E-state index contributed by atoms with van der Waals surface area (Å²) >= 11 is 1.44. The number of benzene rings is 3. The van der Waals surface area contributed by atoms with E-state index in [1.54, 1.807) is 0 Å². The lowest BCUT2D eigenvalue weighted by atomic mass is 10.1. The predicted octanol–water partition coefficient (Wildman–Crippen LogP) is 5.00. The van der Waals surface area contributed by atoms with Gasteiger partial charge >= 0.3 is 0 Å². The number of H-pyrrole nitrogens is 1. The first-order chi connectivity index (χ1) is 11.7. The maximum absolute atomic E-state index is 12.5. The van der Waals surface area contributed by atoms with E-state index < -0.39 is 0 Å². The molecule has 1 aromatic heterocycles. The zero-order chi connectivity index (χ0) is 16.5. The van der Waals surface area contributed by atoms with Crippen molar-refractivity contribution in [2.45, 2.75) is 12.1 Å². The Morgan fingerprint density at radius 3 is 2.75 bits per heavy atom. The Morgan fingerprint density at radius 2 is 1.88 bits per heavy atom. The SMILES string of the molecule is Cc1ccc2nc(SCC(=O)c3ccc4ccccc4c3)[nH]c2c1. The van der Waals surface area contributed by atoms with Gasteiger partial charge in [0.2, 0.25) is 0 Å². The second kappa shape index (κ2) is 6.13. The molecule has 3 aromatic carbocycles. The number of aryl methyl sites for hydroxylation is 1. The van der Waals surface area contributed by atoms with E-state index in [4.69, 9.17) is 0 Å². The van der Waals surface area contributed by atoms with E-state index in [0.717, 1.165) is 32.5 Å². The lowest BCUT2D eigenvalue weighted by Crippen LogP contribution is -2.02. The smallest absolute Gasteiger partial charge is 0.173 e. The number of thioether (sulfide) groups is 1. The van der Waals surface area contributed by atoms with Gasteiger partial charge in [-0.25, -0.2) is 4.98 Å². The Bertz CT molecular complexity index is 1050. The maximum atomic E-state index is 12.5. The number of hydrogen-bond donors (Lipinski definition) is 1. The Labute approximate surface area is 144 Å². The third-order valence-electron chi connectivity index (χ3n) is 4.03. The molecular weight excluding hydrogens is 316 g/mol. The summed E-state index contributed by atoms with van der Waals surface area (Å²) in [4.78, 5) is 20.3. The number of nitrogens with zero attached hydrogens (tertiary/aromatic N) is 1. The highest BCUT2D eigenvalue weighted by Gasteiger charge is 2.10. The van der Waals surface area contributed by atoms with Crippen molar-refractivity contribution in [2.24, 2.45) is 0 Å². The van der Waals surface area contributed by atoms with Crippen LogP contribution in [0.15, 0.2) is 65.8 Å². The van der Waals surface area contributed by atoms with Gasteiger partial charge in [-0.1, -0.05) is 54.2 Å². The summed E-state index contributed by atoms with van der Waals surface area (Å²) < 4.78 is 0. The second-order valence-electron chi connectivity index (χ2n) is 5.84. The lowest BCUT2D eigenvalue weighted by molar-refractivity contribution is 0.102. The molecular formula is C20H16N2OS. The molecule has 118 valence electrons. The molecule has 24 heavy (non-hydrogen) atoms. The van der Waals surface area contributed by atoms with Crippen molar-refractivity contribution in [1.29, 1.82) is 0 Å². The fraction of sp³-hybridized carbons (Fsp3) is 0.100. The van der Waals surface area contributed by atoms with Crippen molar-refractivity contribution >= 4 is 39.4 Å². The van der Waals surface area contributed by atoms with Gasteiger partial charge in [-0.2, -0.15) is 0 Å². The van der Waals surface area contributed by atoms with Gasteiger partial charge in [0, 0.05) is 5.56 Å². The number of carbonyl (C=O) groups is 1. The summed E-state index contributed by atoms with van der Waals surface area (Å²) in [7, 11) is 0. The average Bonchev–Trinajstić information content (AvgIpc) is 3.01. The fourth-order valence-electron chi connectivity index (χ4n) is 2.75. The molecule has 0 aliphatic heterocycles. The van der Waals surface area contributed by atoms with E-state index in [2.05, 4.69) is 29.0 Å². The number of ketones is 1. The van der Waals surface area contributed by atoms with Gasteiger partial charge in [-0.05, 0) is 41.5 Å². The number of Topliss-reactive ketones (excluding diaryl/α,β-unsaturated/α-hetero) is 1. The fourth-order valence-corrected chi connectivity index (χ4v) is 3.53. The van der Waals surface area contributed by atoms with Crippen LogP contribution < -0.4 is 0 Å². The number of nitrogens with one attached hydrogen (secondary N) is 1. The summed E-state index contributed by atoms with van der Waals surface area (Å²) in [6, 6.07) is 20.0. The van der Waals surface area contributed by atoms with Crippen molar-refractivity contribution < 1.29 is 4.79 Å². The molecule has 4 rings (SSSR count). The maximum Gasteiger partial charge on any atom is 0.173 e. The van der Waals surface area contributed by atoms with Crippen LogP contribution in [0.3, 0.4) is 0 Å². The van der Waals surface area contributed by atoms with Gasteiger partial charge in [0.25, 0.3) is 0 Å². The molecule has 4 aromatic rings. The van der Waals surface area contributed by atoms with E-state index in [1.807, 2.05) is 48.5 Å². The van der Waals surface area contributed by atoms with Gasteiger partial charge in [0.15, 0.2) is 10.9 Å². The Morgan fingerprint density at radius 1 is 1.04 bits per heavy atom. The van der Waals surface area contributed by atoms with Crippen LogP contribution in [0.5, 0.6) is 0 Å². The van der Waals surface area contributed by atoms with E-state index in [-0.39, 0.29) is 5.78 Å². The molecule has 0 saturated heterocycles. The Hall–Kier alpha value is -2.59. The predicted molar refractivity (Wildman–Crippen MR) is 99.8 cm³/mol. The minimum absolute atomic E-state index is 0.113. The van der Waals surface area contributed by atoms with Crippen LogP contribution in [0, 0.1) is 6.92 Å². The van der Waals surface area contributed by atoms with Crippen molar-refractivity contribution in [3.8, 4) is 0 Å².